The van der Waals surface area contributed by atoms with Gasteiger partial charge in [0, 0.05) is 23.9 Å². The van der Waals surface area contributed by atoms with Crippen molar-refractivity contribution >= 4 is 21.4 Å². The standard InChI is InChI=1S/C18H22N4O2S/c1-4-14-9-16(23)22-18(20-14)25-17(21-22)19-10-13-7-5-6-8-15(13)24-11-12(2)3/h5-9,12H,4,10-11H2,1-3H3,(H,19,21). The zero-order chi connectivity index (χ0) is 17.8. The summed E-state index contributed by atoms with van der Waals surface area (Å²) < 4.78 is 7.21. The van der Waals surface area contributed by atoms with Crippen LogP contribution in [0.15, 0.2) is 35.1 Å². The smallest absolute Gasteiger partial charge is 0.275 e. The first kappa shape index (κ1) is 17.4. The molecule has 132 valence electrons. The SMILES string of the molecule is CCc1cc(=O)n2nc(NCc3ccccc3OCC(C)C)sc2n1. The lowest BCUT2D eigenvalue weighted by atomic mass is 10.2. The van der Waals surface area contributed by atoms with E-state index in [2.05, 4.69) is 29.2 Å². The zero-order valence-electron chi connectivity index (χ0n) is 14.7. The van der Waals surface area contributed by atoms with E-state index >= 15 is 0 Å². The maximum absolute atomic E-state index is 12.1. The number of hydrogen-bond donors (Lipinski definition) is 1. The van der Waals surface area contributed by atoms with Crippen molar-refractivity contribution < 1.29 is 4.74 Å². The highest BCUT2D eigenvalue weighted by atomic mass is 32.1. The summed E-state index contributed by atoms with van der Waals surface area (Å²) in [5.74, 6) is 1.34. The Hall–Kier alpha value is -2.41. The molecule has 0 amide bonds. The van der Waals surface area contributed by atoms with Gasteiger partial charge in [-0.2, -0.15) is 4.52 Å². The van der Waals surface area contributed by atoms with Crippen LogP contribution in [0.2, 0.25) is 0 Å². The van der Waals surface area contributed by atoms with E-state index in [1.807, 2.05) is 31.2 Å². The summed E-state index contributed by atoms with van der Waals surface area (Å²) >= 11 is 1.37. The number of benzene rings is 1. The number of hydrogen-bond acceptors (Lipinski definition) is 6. The van der Waals surface area contributed by atoms with Gasteiger partial charge in [0.05, 0.1) is 6.61 Å². The Morgan fingerprint density at radius 1 is 1.32 bits per heavy atom. The average Bonchev–Trinajstić information content (AvgIpc) is 3.02. The van der Waals surface area contributed by atoms with Crippen LogP contribution in [0, 0.1) is 5.92 Å². The Labute approximate surface area is 150 Å². The molecule has 0 unspecified atom stereocenters. The fourth-order valence-electron chi connectivity index (χ4n) is 2.33. The van der Waals surface area contributed by atoms with Crippen LogP contribution < -0.4 is 15.6 Å². The fourth-order valence-corrected chi connectivity index (χ4v) is 3.15. The number of nitrogens with zero attached hydrogens (tertiary/aromatic N) is 3. The maximum Gasteiger partial charge on any atom is 0.275 e. The van der Waals surface area contributed by atoms with Gasteiger partial charge in [-0.3, -0.25) is 4.79 Å². The molecule has 0 fully saturated rings. The summed E-state index contributed by atoms with van der Waals surface area (Å²) in [7, 11) is 0. The monoisotopic (exact) mass is 358 g/mol. The molecule has 0 saturated heterocycles. The van der Waals surface area contributed by atoms with E-state index in [9.17, 15) is 4.79 Å². The van der Waals surface area contributed by atoms with Crippen LogP contribution in [0.1, 0.15) is 32.0 Å². The fraction of sp³-hybridized carbons (Fsp3) is 0.389. The van der Waals surface area contributed by atoms with Gasteiger partial charge >= 0.3 is 0 Å². The van der Waals surface area contributed by atoms with Crippen LogP contribution in [0.3, 0.4) is 0 Å². The molecule has 0 atom stereocenters. The quantitative estimate of drug-likeness (QED) is 0.701. The minimum Gasteiger partial charge on any atom is -0.493 e. The van der Waals surface area contributed by atoms with Gasteiger partial charge in [0.25, 0.3) is 5.56 Å². The van der Waals surface area contributed by atoms with Crippen molar-refractivity contribution in [1.82, 2.24) is 14.6 Å². The Morgan fingerprint density at radius 3 is 2.88 bits per heavy atom. The number of fused-ring (bicyclic) bond motifs is 1. The molecule has 0 radical (unpaired) electrons. The number of para-hydroxylation sites is 1. The molecule has 25 heavy (non-hydrogen) atoms. The van der Waals surface area contributed by atoms with E-state index in [4.69, 9.17) is 4.74 Å². The second-order valence-electron chi connectivity index (χ2n) is 6.21. The predicted molar refractivity (Wildman–Crippen MR) is 101 cm³/mol. The molecule has 0 aliphatic heterocycles. The molecule has 0 aliphatic carbocycles. The molecule has 3 rings (SSSR count). The predicted octanol–water partition coefficient (Wildman–Crippen LogP) is 3.36. The maximum atomic E-state index is 12.1. The molecule has 2 heterocycles. The van der Waals surface area contributed by atoms with E-state index < -0.39 is 0 Å². The topological polar surface area (TPSA) is 68.5 Å². The molecular formula is C18H22N4O2S. The van der Waals surface area contributed by atoms with Gasteiger partial charge in [-0.15, -0.1) is 5.10 Å². The number of aryl methyl sites for hydroxylation is 1. The van der Waals surface area contributed by atoms with Crippen LogP contribution in [0.25, 0.3) is 4.96 Å². The lowest BCUT2D eigenvalue weighted by Gasteiger charge is -2.13. The van der Waals surface area contributed by atoms with Crippen LogP contribution >= 0.6 is 11.3 Å². The molecule has 2 aromatic heterocycles. The van der Waals surface area contributed by atoms with Crippen LogP contribution in [-0.4, -0.2) is 21.2 Å². The number of anilines is 1. The molecule has 1 N–H and O–H groups in total. The van der Waals surface area contributed by atoms with E-state index in [1.54, 1.807) is 0 Å². The highest BCUT2D eigenvalue weighted by Gasteiger charge is 2.10. The highest BCUT2D eigenvalue weighted by molar-refractivity contribution is 7.20. The van der Waals surface area contributed by atoms with E-state index in [1.165, 1.54) is 21.9 Å². The number of ether oxygens (including phenoxy) is 1. The molecule has 7 heteroatoms. The third kappa shape index (κ3) is 4.17. The molecule has 0 bridgehead atoms. The summed E-state index contributed by atoms with van der Waals surface area (Å²) in [6, 6.07) is 9.47. The zero-order valence-corrected chi connectivity index (χ0v) is 15.5. The Balaban J connectivity index is 1.77. The molecule has 3 aromatic rings. The van der Waals surface area contributed by atoms with Gasteiger partial charge in [-0.25, -0.2) is 4.98 Å². The van der Waals surface area contributed by atoms with E-state index in [-0.39, 0.29) is 5.56 Å². The normalized spacial score (nSPS) is 11.2. The van der Waals surface area contributed by atoms with Gasteiger partial charge in [0.15, 0.2) is 0 Å². The summed E-state index contributed by atoms with van der Waals surface area (Å²) in [6.07, 6.45) is 0.729. The molecule has 0 saturated carbocycles. The van der Waals surface area contributed by atoms with Crippen molar-refractivity contribution in [2.24, 2.45) is 5.92 Å². The molecular weight excluding hydrogens is 336 g/mol. The van der Waals surface area contributed by atoms with Crippen molar-refractivity contribution in [2.45, 2.75) is 33.7 Å². The average molecular weight is 358 g/mol. The second-order valence-corrected chi connectivity index (χ2v) is 7.16. The van der Waals surface area contributed by atoms with Crippen molar-refractivity contribution in [3.8, 4) is 5.75 Å². The summed E-state index contributed by atoms with van der Waals surface area (Å²) in [5, 5.41) is 8.25. The van der Waals surface area contributed by atoms with Crippen molar-refractivity contribution in [3.63, 3.8) is 0 Å². The summed E-state index contributed by atoms with van der Waals surface area (Å²) in [6.45, 7) is 7.47. The Kier molecular flexibility index (Phi) is 5.33. The largest absolute Gasteiger partial charge is 0.493 e. The first-order valence-corrected chi connectivity index (χ1v) is 9.23. The lowest BCUT2D eigenvalue weighted by molar-refractivity contribution is 0.269. The minimum atomic E-state index is -0.146. The van der Waals surface area contributed by atoms with Gasteiger partial charge in [0.1, 0.15) is 5.75 Å². The van der Waals surface area contributed by atoms with Crippen molar-refractivity contribution in [2.75, 3.05) is 11.9 Å². The van der Waals surface area contributed by atoms with Crippen molar-refractivity contribution in [1.29, 1.82) is 0 Å². The van der Waals surface area contributed by atoms with Gasteiger partial charge in [0.2, 0.25) is 10.1 Å². The highest BCUT2D eigenvalue weighted by Crippen LogP contribution is 2.22. The summed E-state index contributed by atoms with van der Waals surface area (Å²) in [5.41, 5.74) is 1.69. The first-order valence-electron chi connectivity index (χ1n) is 8.41. The van der Waals surface area contributed by atoms with E-state index in [0.717, 1.165) is 23.4 Å². The van der Waals surface area contributed by atoms with Crippen molar-refractivity contribution in [3.05, 3.63) is 51.9 Å². The van der Waals surface area contributed by atoms with Gasteiger partial charge < -0.3 is 10.1 Å². The van der Waals surface area contributed by atoms with Crippen LogP contribution in [-0.2, 0) is 13.0 Å². The van der Waals surface area contributed by atoms with Gasteiger partial charge in [-0.05, 0) is 18.4 Å². The first-order chi connectivity index (χ1) is 12.1. The van der Waals surface area contributed by atoms with Gasteiger partial charge in [-0.1, -0.05) is 50.3 Å². The van der Waals surface area contributed by atoms with E-state index in [0.29, 0.717) is 29.2 Å². The number of aromatic nitrogens is 3. The van der Waals surface area contributed by atoms with Crippen LogP contribution in [0.4, 0.5) is 5.13 Å². The molecule has 1 aromatic carbocycles. The summed E-state index contributed by atoms with van der Waals surface area (Å²) in [4.78, 5) is 17.1. The molecule has 0 spiro atoms. The third-order valence-corrected chi connectivity index (χ3v) is 4.50. The second kappa shape index (κ2) is 7.65. The third-order valence-electron chi connectivity index (χ3n) is 3.64. The minimum absolute atomic E-state index is 0.146. The number of rotatable bonds is 7. The Bertz CT molecular complexity index is 917. The van der Waals surface area contributed by atoms with Crippen LogP contribution in [0.5, 0.6) is 5.75 Å². The number of nitrogens with one attached hydrogen (secondary N) is 1. The molecule has 6 nitrogen and oxygen atoms in total. The molecule has 0 aliphatic rings. The Morgan fingerprint density at radius 2 is 2.12 bits per heavy atom. The lowest BCUT2D eigenvalue weighted by Crippen LogP contribution is -2.15.